The average molecular weight is 268 g/mol. The summed E-state index contributed by atoms with van der Waals surface area (Å²) in [6.07, 6.45) is 6.19. The van der Waals surface area contributed by atoms with Gasteiger partial charge in [0.15, 0.2) is 0 Å². The Morgan fingerprint density at radius 1 is 1.21 bits per heavy atom. The molecule has 2 atom stereocenters. The van der Waals surface area contributed by atoms with Gasteiger partial charge in [0, 0.05) is 13.0 Å². The molecule has 0 aromatic heterocycles. The summed E-state index contributed by atoms with van der Waals surface area (Å²) in [5.74, 6) is -0.254. The molecule has 5 heteroatoms. The first-order valence-electron chi connectivity index (χ1n) is 7.41. The number of hydrogen-bond acceptors (Lipinski definition) is 3. The largest absolute Gasteiger partial charge is 0.480 e. The van der Waals surface area contributed by atoms with E-state index < -0.39 is 12.0 Å². The zero-order valence-corrected chi connectivity index (χ0v) is 11.4. The fourth-order valence-electron chi connectivity index (χ4n) is 3.13. The highest BCUT2D eigenvalue weighted by atomic mass is 16.4. The topological polar surface area (TPSA) is 69.6 Å². The third-order valence-corrected chi connectivity index (χ3v) is 4.27. The van der Waals surface area contributed by atoms with Crippen LogP contribution in [0.25, 0.3) is 0 Å². The Bertz CT molecular complexity index is 327. The van der Waals surface area contributed by atoms with E-state index in [2.05, 4.69) is 5.32 Å². The molecule has 2 aliphatic rings. The Kier molecular flexibility index (Phi) is 5.19. The maximum Gasteiger partial charge on any atom is 0.326 e. The van der Waals surface area contributed by atoms with Crippen LogP contribution in [0.2, 0.25) is 0 Å². The highest BCUT2D eigenvalue weighted by Gasteiger charge is 2.31. The minimum atomic E-state index is -0.854. The molecular weight excluding hydrogens is 244 g/mol. The van der Waals surface area contributed by atoms with Crippen molar-refractivity contribution in [1.82, 2.24) is 10.2 Å². The molecule has 2 saturated heterocycles. The van der Waals surface area contributed by atoms with Crippen molar-refractivity contribution in [1.29, 1.82) is 0 Å². The SMILES string of the molecule is O=C(O)[C@@H]1CCCCN1C(=O)CCC1CCCNC1. The van der Waals surface area contributed by atoms with Gasteiger partial charge in [0.05, 0.1) is 0 Å². The van der Waals surface area contributed by atoms with E-state index in [-0.39, 0.29) is 5.91 Å². The standard InChI is InChI=1S/C14H24N2O3/c17-13(7-6-11-4-3-8-15-10-11)16-9-2-1-5-12(16)14(18)19/h11-12,15H,1-10H2,(H,18,19)/t11?,12-/m0/s1. The van der Waals surface area contributed by atoms with Crippen molar-refractivity contribution in [2.24, 2.45) is 5.92 Å². The van der Waals surface area contributed by atoms with Gasteiger partial charge in [-0.15, -0.1) is 0 Å². The summed E-state index contributed by atoms with van der Waals surface area (Å²) in [5.41, 5.74) is 0. The van der Waals surface area contributed by atoms with Gasteiger partial charge in [-0.3, -0.25) is 4.79 Å². The molecule has 0 saturated carbocycles. The number of carbonyl (C=O) groups excluding carboxylic acids is 1. The summed E-state index contributed by atoms with van der Waals surface area (Å²) in [5, 5.41) is 12.5. The number of rotatable bonds is 4. The van der Waals surface area contributed by atoms with Crippen molar-refractivity contribution in [3.8, 4) is 0 Å². The quantitative estimate of drug-likeness (QED) is 0.804. The normalized spacial score (nSPS) is 28.1. The van der Waals surface area contributed by atoms with Crippen molar-refractivity contribution >= 4 is 11.9 Å². The maximum atomic E-state index is 12.2. The molecule has 2 fully saturated rings. The third-order valence-electron chi connectivity index (χ3n) is 4.27. The van der Waals surface area contributed by atoms with E-state index in [1.165, 1.54) is 12.8 Å². The summed E-state index contributed by atoms with van der Waals surface area (Å²) >= 11 is 0. The number of amides is 1. The van der Waals surface area contributed by atoms with Crippen molar-refractivity contribution in [2.75, 3.05) is 19.6 Å². The van der Waals surface area contributed by atoms with Crippen molar-refractivity contribution in [3.05, 3.63) is 0 Å². The van der Waals surface area contributed by atoms with Crippen LogP contribution in [0.3, 0.4) is 0 Å². The monoisotopic (exact) mass is 268 g/mol. The number of nitrogens with one attached hydrogen (secondary N) is 1. The lowest BCUT2D eigenvalue weighted by molar-refractivity contribution is -0.152. The van der Waals surface area contributed by atoms with Crippen LogP contribution in [0.1, 0.15) is 44.9 Å². The lowest BCUT2D eigenvalue weighted by Crippen LogP contribution is -2.48. The van der Waals surface area contributed by atoms with E-state index in [1.54, 1.807) is 4.90 Å². The molecule has 0 aromatic carbocycles. The number of carboxylic acids is 1. The van der Waals surface area contributed by atoms with Gasteiger partial charge < -0.3 is 15.3 Å². The van der Waals surface area contributed by atoms with Crippen LogP contribution in [0.15, 0.2) is 0 Å². The van der Waals surface area contributed by atoms with E-state index in [0.29, 0.717) is 25.3 Å². The zero-order valence-electron chi connectivity index (χ0n) is 11.4. The summed E-state index contributed by atoms with van der Waals surface area (Å²) in [7, 11) is 0. The molecule has 0 aromatic rings. The Hall–Kier alpha value is -1.10. The number of nitrogens with zero attached hydrogens (tertiary/aromatic N) is 1. The molecule has 0 spiro atoms. The molecule has 108 valence electrons. The van der Waals surface area contributed by atoms with Crippen molar-refractivity contribution in [2.45, 2.75) is 51.0 Å². The molecule has 2 heterocycles. The lowest BCUT2D eigenvalue weighted by Gasteiger charge is -2.33. The smallest absolute Gasteiger partial charge is 0.326 e. The molecule has 2 rings (SSSR count). The van der Waals surface area contributed by atoms with E-state index in [1.807, 2.05) is 0 Å². The second-order valence-electron chi connectivity index (χ2n) is 5.69. The molecule has 5 nitrogen and oxygen atoms in total. The van der Waals surface area contributed by atoms with Crippen LogP contribution in [-0.4, -0.2) is 47.6 Å². The van der Waals surface area contributed by atoms with Crippen molar-refractivity contribution < 1.29 is 14.7 Å². The van der Waals surface area contributed by atoms with E-state index in [0.717, 1.165) is 32.4 Å². The molecule has 0 bridgehead atoms. The second kappa shape index (κ2) is 6.89. The van der Waals surface area contributed by atoms with Crippen LogP contribution in [0.4, 0.5) is 0 Å². The van der Waals surface area contributed by atoms with E-state index >= 15 is 0 Å². The maximum absolute atomic E-state index is 12.2. The summed E-state index contributed by atoms with van der Waals surface area (Å²) in [6, 6.07) is -0.592. The van der Waals surface area contributed by atoms with Gasteiger partial charge in [-0.05, 0) is 57.5 Å². The molecule has 0 aliphatic carbocycles. The summed E-state index contributed by atoms with van der Waals surface area (Å²) in [4.78, 5) is 25.0. The van der Waals surface area contributed by atoms with Crippen LogP contribution in [-0.2, 0) is 9.59 Å². The highest BCUT2D eigenvalue weighted by Crippen LogP contribution is 2.21. The molecule has 0 radical (unpaired) electrons. The Balaban J connectivity index is 1.81. The minimum absolute atomic E-state index is 0.0256. The van der Waals surface area contributed by atoms with E-state index in [9.17, 15) is 14.7 Å². The third kappa shape index (κ3) is 3.93. The first-order chi connectivity index (χ1) is 9.18. The van der Waals surface area contributed by atoms with Crippen LogP contribution in [0.5, 0.6) is 0 Å². The Morgan fingerprint density at radius 3 is 2.74 bits per heavy atom. The summed E-state index contributed by atoms with van der Waals surface area (Å²) in [6.45, 7) is 2.69. The zero-order chi connectivity index (χ0) is 13.7. The van der Waals surface area contributed by atoms with Gasteiger partial charge >= 0.3 is 5.97 Å². The second-order valence-corrected chi connectivity index (χ2v) is 5.69. The number of piperidine rings is 2. The number of aliphatic carboxylic acids is 1. The number of carbonyl (C=O) groups is 2. The highest BCUT2D eigenvalue weighted by molar-refractivity contribution is 5.83. The summed E-state index contributed by atoms with van der Waals surface area (Å²) < 4.78 is 0. The molecular formula is C14H24N2O3. The Morgan fingerprint density at radius 2 is 2.05 bits per heavy atom. The molecule has 2 aliphatic heterocycles. The predicted octanol–water partition coefficient (Wildman–Crippen LogP) is 1.23. The number of hydrogen-bond donors (Lipinski definition) is 2. The average Bonchev–Trinajstić information content (AvgIpc) is 2.46. The fourth-order valence-corrected chi connectivity index (χ4v) is 3.13. The first-order valence-corrected chi connectivity index (χ1v) is 7.41. The van der Waals surface area contributed by atoms with Crippen LogP contribution >= 0.6 is 0 Å². The van der Waals surface area contributed by atoms with Gasteiger partial charge in [0.2, 0.25) is 5.91 Å². The first kappa shape index (κ1) is 14.3. The van der Waals surface area contributed by atoms with Gasteiger partial charge in [0.25, 0.3) is 0 Å². The molecule has 19 heavy (non-hydrogen) atoms. The molecule has 2 N–H and O–H groups in total. The molecule has 1 unspecified atom stereocenters. The van der Waals surface area contributed by atoms with Gasteiger partial charge in [-0.2, -0.15) is 0 Å². The van der Waals surface area contributed by atoms with Gasteiger partial charge in [-0.1, -0.05) is 0 Å². The molecule has 1 amide bonds. The Labute approximate surface area is 114 Å². The lowest BCUT2D eigenvalue weighted by atomic mass is 9.94. The van der Waals surface area contributed by atoms with Gasteiger partial charge in [-0.25, -0.2) is 4.79 Å². The minimum Gasteiger partial charge on any atom is -0.480 e. The van der Waals surface area contributed by atoms with E-state index in [4.69, 9.17) is 0 Å². The van der Waals surface area contributed by atoms with Crippen LogP contribution in [0, 0.1) is 5.92 Å². The van der Waals surface area contributed by atoms with Gasteiger partial charge in [0.1, 0.15) is 6.04 Å². The fraction of sp³-hybridized carbons (Fsp3) is 0.857. The van der Waals surface area contributed by atoms with Crippen LogP contribution < -0.4 is 5.32 Å². The number of likely N-dealkylation sites (tertiary alicyclic amines) is 1. The predicted molar refractivity (Wildman–Crippen MR) is 71.8 cm³/mol. The number of carboxylic acid groups (broad SMARTS) is 1. The van der Waals surface area contributed by atoms with Crippen molar-refractivity contribution in [3.63, 3.8) is 0 Å².